The highest BCUT2D eigenvalue weighted by Gasteiger charge is 2.12. The van der Waals surface area contributed by atoms with Crippen LogP contribution in [0.5, 0.6) is 0 Å². The molecule has 0 bridgehead atoms. The zero-order valence-corrected chi connectivity index (χ0v) is 13.6. The quantitative estimate of drug-likeness (QED) is 0.785. The molecule has 2 aromatic carbocycles. The number of hydrogen-bond donors (Lipinski definition) is 2. The summed E-state index contributed by atoms with van der Waals surface area (Å²) in [5.41, 5.74) is 2.19. The molecule has 0 saturated heterocycles. The molecule has 2 N–H and O–H groups in total. The Bertz CT molecular complexity index is 668. The van der Waals surface area contributed by atoms with E-state index in [1.54, 1.807) is 12.1 Å². The molecule has 0 amide bonds. The molecule has 0 saturated carbocycles. The number of sulfonamides is 1. The van der Waals surface area contributed by atoms with Crippen molar-refractivity contribution < 1.29 is 8.42 Å². The van der Waals surface area contributed by atoms with E-state index < -0.39 is 10.0 Å². The van der Waals surface area contributed by atoms with E-state index in [0.29, 0.717) is 17.9 Å². The van der Waals surface area contributed by atoms with E-state index in [2.05, 4.69) is 10.0 Å². The maximum Gasteiger partial charge on any atom is 0.240 e. The van der Waals surface area contributed by atoms with Crippen molar-refractivity contribution in [2.75, 3.05) is 13.1 Å². The molecule has 0 atom stereocenters. The Morgan fingerprint density at radius 3 is 2.23 bits per heavy atom. The lowest BCUT2D eigenvalue weighted by atomic mass is 10.2. The first kappa shape index (κ1) is 16.7. The van der Waals surface area contributed by atoms with Crippen LogP contribution in [-0.4, -0.2) is 21.5 Å². The summed E-state index contributed by atoms with van der Waals surface area (Å²) in [7, 11) is -3.44. The summed E-state index contributed by atoms with van der Waals surface area (Å²) in [6, 6.07) is 16.8. The van der Waals surface area contributed by atoms with E-state index in [1.807, 2.05) is 49.4 Å². The first-order valence-electron chi connectivity index (χ1n) is 7.45. The molecule has 0 fully saturated rings. The summed E-state index contributed by atoms with van der Waals surface area (Å²) in [6.45, 7) is 4.07. The molecule has 2 rings (SSSR count). The highest BCUT2D eigenvalue weighted by atomic mass is 32.2. The van der Waals surface area contributed by atoms with Crippen LogP contribution in [0, 0.1) is 0 Å². The van der Waals surface area contributed by atoms with Gasteiger partial charge in [0.05, 0.1) is 4.90 Å². The highest BCUT2D eigenvalue weighted by molar-refractivity contribution is 7.89. The summed E-state index contributed by atoms with van der Waals surface area (Å²) in [5.74, 6) is 0. The Balaban J connectivity index is 1.92. The minimum absolute atomic E-state index is 0.306. The van der Waals surface area contributed by atoms with Gasteiger partial charge < -0.3 is 5.32 Å². The van der Waals surface area contributed by atoms with Crippen molar-refractivity contribution in [2.24, 2.45) is 0 Å². The predicted molar refractivity (Wildman–Crippen MR) is 89.2 cm³/mol. The molecule has 4 nitrogen and oxygen atoms in total. The molecule has 5 heteroatoms. The fourth-order valence-electron chi connectivity index (χ4n) is 2.11. The highest BCUT2D eigenvalue weighted by Crippen LogP contribution is 2.10. The van der Waals surface area contributed by atoms with Crippen molar-refractivity contribution in [1.82, 2.24) is 10.0 Å². The van der Waals surface area contributed by atoms with Crippen LogP contribution in [0.1, 0.15) is 18.1 Å². The van der Waals surface area contributed by atoms with E-state index in [9.17, 15) is 8.42 Å². The molecule has 0 aliphatic carbocycles. The molecule has 0 aliphatic rings. The van der Waals surface area contributed by atoms with Crippen molar-refractivity contribution >= 4 is 10.0 Å². The fourth-order valence-corrected chi connectivity index (χ4v) is 3.15. The topological polar surface area (TPSA) is 58.2 Å². The third-order valence-electron chi connectivity index (χ3n) is 3.36. The lowest BCUT2D eigenvalue weighted by Crippen LogP contribution is -2.26. The third kappa shape index (κ3) is 4.94. The standard InChI is InChI=1S/C17H22N2O2S/c1-2-18-14-16-8-10-17(11-9-16)22(20,21)19-13-12-15-6-4-3-5-7-15/h3-11,18-19H,2,12-14H2,1H3. The van der Waals surface area contributed by atoms with Crippen LogP contribution in [0.2, 0.25) is 0 Å². The smallest absolute Gasteiger partial charge is 0.240 e. The Labute approximate surface area is 132 Å². The maximum absolute atomic E-state index is 12.2. The average molecular weight is 318 g/mol. The Morgan fingerprint density at radius 2 is 1.59 bits per heavy atom. The number of benzene rings is 2. The van der Waals surface area contributed by atoms with E-state index in [-0.39, 0.29) is 0 Å². The minimum atomic E-state index is -3.44. The second-order valence-corrected chi connectivity index (χ2v) is 6.82. The Hall–Kier alpha value is -1.69. The zero-order chi connectivity index (χ0) is 15.8. The van der Waals surface area contributed by atoms with Gasteiger partial charge in [-0.1, -0.05) is 49.4 Å². The molecule has 0 aromatic heterocycles. The summed E-state index contributed by atoms with van der Waals surface area (Å²) in [4.78, 5) is 0.306. The van der Waals surface area contributed by atoms with Gasteiger partial charge >= 0.3 is 0 Å². The number of rotatable bonds is 8. The molecule has 0 radical (unpaired) electrons. The van der Waals surface area contributed by atoms with Gasteiger partial charge in [-0.25, -0.2) is 13.1 Å². The minimum Gasteiger partial charge on any atom is -0.313 e. The van der Waals surface area contributed by atoms with Gasteiger partial charge in [0, 0.05) is 13.1 Å². The molecular weight excluding hydrogens is 296 g/mol. The first-order valence-corrected chi connectivity index (χ1v) is 8.93. The van der Waals surface area contributed by atoms with E-state index >= 15 is 0 Å². The second kappa shape index (κ2) is 8.08. The van der Waals surface area contributed by atoms with E-state index in [4.69, 9.17) is 0 Å². The van der Waals surface area contributed by atoms with E-state index in [1.165, 1.54) is 0 Å². The Kier molecular flexibility index (Phi) is 6.12. The fraction of sp³-hybridized carbons (Fsp3) is 0.294. The molecule has 118 valence electrons. The van der Waals surface area contributed by atoms with E-state index in [0.717, 1.165) is 24.2 Å². The van der Waals surface area contributed by atoms with Crippen LogP contribution in [0.15, 0.2) is 59.5 Å². The SMILES string of the molecule is CCNCc1ccc(S(=O)(=O)NCCc2ccccc2)cc1. The number of hydrogen-bond acceptors (Lipinski definition) is 3. The van der Waals surface area contributed by atoms with Crippen LogP contribution >= 0.6 is 0 Å². The molecule has 0 spiro atoms. The van der Waals surface area contributed by atoms with Gasteiger partial charge in [0.2, 0.25) is 10.0 Å². The Morgan fingerprint density at radius 1 is 0.909 bits per heavy atom. The average Bonchev–Trinajstić information content (AvgIpc) is 2.54. The molecule has 2 aromatic rings. The van der Waals surface area contributed by atoms with Gasteiger partial charge in [-0.15, -0.1) is 0 Å². The molecular formula is C17H22N2O2S. The van der Waals surface area contributed by atoms with Crippen LogP contribution in [0.3, 0.4) is 0 Å². The second-order valence-electron chi connectivity index (χ2n) is 5.06. The van der Waals surface area contributed by atoms with Crippen LogP contribution in [-0.2, 0) is 23.0 Å². The van der Waals surface area contributed by atoms with Gasteiger partial charge in [-0.2, -0.15) is 0 Å². The first-order chi connectivity index (χ1) is 10.6. The third-order valence-corrected chi connectivity index (χ3v) is 4.84. The maximum atomic E-state index is 12.2. The van der Waals surface area contributed by atoms with Crippen molar-refractivity contribution in [1.29, 1.82) is 0 Å². The molecule has 0 heterocycles. The van der Waals surface area contributed by atoms with Crippen LogP contribution in [0.25, 0.3) is 0 Å². The molecule has 0 aliphatic heterocycles. The largest absolute Gasteiger partial charge is 0.313 e. The normalized spacial score (nSPS) is 11.5. The van der Waals surface area contributed by atoms with Crippen LogP contribution in [0.4, 0.5) is 0 Å². The van der Waals surface area contributed by atoms with Crippen molar-refractivity contribution in [3.05, 3.63) is 65.7 Å². The molecule has 22 heavy (non-hydrogen) atoms. The van der Waals surface area contributed by atoms with Gasteiger partial charge in [0.25, 0.3) is 0 Å². The zero-order valence-electron chi connectivity index (χ0n) is 12.7. The van der Waals surface area contributed by atoms with Gasteiger partial charge in [0.15, 0.2) is 0 Å². The van der Waals surface area contributed by atoms with Gasteiger partial charge in [0.1, 0.15) is 0 Å². The van der Waals surface area contributed by atoms with Crippen LogP contribution < -0.4 is 10.0 Å². The summed E-state index contributed by atoms with van der Waals surface area (Å²) < 4.78 is 27.1. The predicted octanol–water partition coefficient (Wildman–Crippen LogP) is 2.32. The lowest BCUT2D eigenvalue weighted by molar-refractivity contribution is 0.581. The van der Waals surface area contributed by atoms with Crippen molar-refractivity contribution in [3.63, 3.8) is 0 Å². The van der Waals surface area contributed by atoms with Gasteiger partial charge in [-0.05, 0) is 36.2 Å². The molecule has 0 unspecified atom stereocenters. The lowest BCUT2D eigenvalue weighted by Gasteiger charge is -2.08. The summed E-state index contributed by atoms with van der Waals surface area (Å²) in [5, 5.41) is 3.21. The van der Waals surface area contributed by atoms with Gasteiger partial charge in [-0.3, -0.25) is 0 Å². The monoisotopic (exact) mass is 318 g/mol. The number of nitrogens with one attached hydrogen (secondary N) is 2. The summed E-state index contributed by atoms with van der Waals surface area (Å²) in [6.07, 6.45) is 0.679. The summed E-state index contributed by atoms with van der Waals surface area (Å²) >= 11 is 0. The van der Waals surface area contributed by atoms with Crippen molar-refractivity contribution in [2.45, 2.75) is 24.8 Å². The van der Waals surface area contributed by atoms with Crippen molar-refractivity contribution in [3.8, 4) is 0 Å².